The van der Waals surface area contributed by atoms with Crippen LogP contribution in [-0.4, -0.2) is 19.3 Å². The zero-order valence-corrected chi connectivity index (χ0v) is 11.8. The molecule has 5 nitrogen and oxygen atoms in total. The molecule has 2 aromatic rings. The van der Waals surface area contributed by atoms with Gasteiger partial charge in [-0.1, -0.05) is 0 Å². The second kappa shape index (κ2) is 5.82. The number of aromatic nitrogens is 1. The number of rotatable bonds is 4. The summed E-state index contributed by atoms with van der Waals surface area (Å²) in [5.41, 5.74) is -0.458. The van der Waals surface area contributed by atoms with Crippen LogP contribution in [0.15, 0.2) is 28.0 Å². The van der Waals surface area contributed by atoms with Crippen molar-refractivity contribution in [2.24, 2.45) is 0 Å². The molecule has 112 valence electrons. The van der Waals surface area contributed by atoms with Gasteiger partial charge in [-0.2, -0.15) is 8.42 Å². The third-order valence-corrected chi connectivity index (χ3v) is 4.90. The molecule has 1 aromatic carbocycles. The molecule has 0 saturated heterocycles. The van der Waals surface area contributed by atoms with Crippen LogP contribution >= 0.6 is 11.3 Å². The van der Waals surface area contributed by atoms with Crippen LogP contribution in [-0.2, 0) is 21.2 Å². The molecule has 1 heterocycles. The van der Waals surface area contributed by atoms with E-state index < -0.39 is 45.4 Å². The number of hydrogen-bond acceptors (Lipinski definition) is 5. The SMILES string of the molecule is O=C(Cc1cc(F)c(F)cc1F)NS(=O)(=O)c1nccs1. The number of amides is 1. The van der Waals surface area contributed by atoms with E-state index in [0.717, 1.165) is 11.3 Å². The highest BCUT2D eigenvalue weighted by Gasteiger charge is 2.21. The van der Waals surface area contributed by atoms with Crippen molar-refractivity contribution in [1.29, 1.82) is 0 Å². The van der Waals surface area contributed by atoms with Crippen molar-refractivity contribution in [3.8, 4) is 0 Å². The Kier molecular flexibility index (Phi) is 4.28. The van der Waals surface area contributed by atoms with Crippen molar-refractivity contribution in [3.63, 3.8) is 0 Å². The molecular weight excluding hydrogens is 329 g/mol. The summed E-state index contributed by atoms with van der Waals surface area (Å²) in [6.07, 6.45) is 0.479. The number of thiazole rings is 1. The molecule has 0 aliphatic carbocycles. The third kappa shape index (κ3) is 3.58. The van der Waals surface area contributed by atoms with Crippen LogP contribution in [0.2, 0.25) is 0 Å². The number of carbonyl (C=O) groups excluding carboxylic acids is 1. The van der Waals surface area contributed by atoms with Gasteiger partial charge in [-0.15, -0.1) is 11.3 Å². The van der Waals surface area contributed by atoms with Crippen molar-refractivity contribution >= 4 is 27.3 Å². The summed E-state index contributed by atoms with van der Waals surface area (Å²) in [5.74, 6) is -4.96. The Bertz CT molecular complexity index is 776. The van der Waals surface area contributed by atoms with Crippen LogP contribution in [0.25, 0.3) is 0 Å². The fourth-order valence-electron chi connectivity index (χ4n) is 1.44. The number of halogens is 3. The zero-order chi connectivity index (χ0) is 15.6. The summed E-state index contributed by atoms with van der Waals surface area (Å²) in [4.78, 5) is 15.1. The van der Waals surface area contributed by atoms with E-state index in [1.807, 2.05) is 0 Å². The van der Waals surface area contributed by atoms with Crippen LogP contribution in [0.1, 0.15) is 5.56 Å². The predicted molar refractivity (Wildman–Crippen MR) is 67.5 cm³/mol. The maximum atomic E-state index is 13.4. The molecular formula is C11H7F3N2O3S2. The van der Waals surface area contributed by atoms with Crippen molar-refractivity contribution in [1.82, 2.24) is 9.71 Å². The topological polar surface area (TPSA) is 76.1 Å². The predicted octanol–water partition coefficient (Wildman–Crippen LogP) is 1.61. The van der Waals surface area contributed by atoms with Gasteiger partial charge in [-0.05, 0) is 6.07 Å². The fraction of sp³-hybridized carbons (Fsp3) is 0.0909. The lowest BCUT2D eigenvalue weighted by Gasteiger charge is -2.06. The summed E-state index contributed by atoms with van der Waals surface area (Å²) < 4.78 is 63.8. The number of sulfonamides is 1. The Hall–Kier alpha value is -1.94. The second-order valence-corrected chi connectivity index (χ2v) is 6.61. The first-order valence-electron chi connectivity index (χ1n) is 5.38. The summed E-state index contributed by atoms with van der Waals surface area (Å²) in [6.45, 7) is 0. The lowest BCUT2D eigenvalue weighted by Crippen LogP contribution is -2.32. The van der Waals surface area contributed by atoms with E-state index in [4.69, 9.17) is 0 Å². The van der Waals surface area contributed by atoms with Gasteiger partial charge in [-0.3, -0.25) is 4.79 Å². The van der Waals surface area contributed by atoms with E-state index in [1.54, 1.807) is 4.72 Å². The van der Waals surface area contributed by atoms with Crippen LogP contribution < -0.4 is 4.72 Å². The molecule has 1 aromatic heterocycles. The molecule has 0 atom stereocenters. The average Bonchev–Trinajstić information content (AvgIpc) is 2.89. The summed E-state index contributed by atoms with van der Waals surface area (Å²) >= 11 is 0.788. The quantitative estimate of drug-likeness (QED) is 0.861. The minimum Gasteiger partial charge on any atom is -0.274 e. The molecule has 0 saturated carbocycles. The van der Waals surface area contributed by atoms with Gasteiger partial charge in [0, 0.05) is 23.2 Å². The molecule has 0 fully saturated rings. The lowest BCUT2D eigenvalue weighted by atomic mass is 10.1. The molecule has 0 unspecified atom stereocenters. The molecule has 1 N–H and O–H groups in total. The van der Waals surface area contributed by atoms with Crippen molar-refractivity contribution in [2.45, 2.75) is 10.8 Å². The molecule has 0 bridgehead atoms. The van der Waals surface area contributed by atoms with Crippen molar-refractivity contribution in [3.05, 3.63) is 46.7 Å². The smallest absolute Gasteiger partial charge is 0.274 e. The standard InChI is InChI=1S/C11H7F3N2O3S2/c12-7-5-9(14)8(13)3-6(7)4-10(17)16-21(18,19)11-15-1-2-20-11/h1-3,5H,4H2,(H,16,17). The second-order valence-electron chi connectivity index (χ2n) is 3.86. The van der Waals surface area contributed by atoms with E-state index in [0.29, 0.717) is 6.07 Å². The Morgan fingerprint density at radius 1 is 1.19 bits per heavy atom. The van der Waals surface area contributed by atoms with E-state index in [-0.39, 0.29) is 10.4 Å². The van der Waals surface area contributed by atoms with Gasteiger partial charge in [-0.25, -0.2) is 22.9 Å². The average molecular weight is 336 g/mol. The van der Waals surface area contributed by atoms with Gasteiger partial charge in [0.25, 0.3) is 10.0 Å². The molecule has 2 rings (SSSR count). The first-order valence-corrected chi connectivity index (χ1v) is 7.74. The van der Waals surface area contributed by atoms with Crippen LogP contribution in [0, 0.1) is 17.5 Å². The molecule has 0 spiro atoms. The Labute approximate surface area is 121 Å². The number of carbonyl (C=O) groups is 1. The Balaban J connectivity index is 2.15. The first-order chi connectivity index (χ1) is 9.79. The van der Waals surface area contributed by atoms with E-state index in [2.05, 4.69) is 4.98 Å². The maximum absolute atomic E-state index is 13.4. The molecule has 1 amide bonds. The van der Waals surface area contributed by atoms with Gasteiger partial charge in [0.15, 0.2) is 11.6 Å². The summed E-state index contributed by atoms with van der Waals surface area (Å²) in [5, 5.41) is 1.40. The number of nitrogens with zero attached hydrogens (tertiary/aromatic N) is 1. The fourth-order valence-corrected chi connectivity index (χ4v) is 3.26. The van der Waals surface area contributed by atoms with Gasteiger partial charge >= 0.3 is 0 Å². The molecule has 0 aliphatic heterocycles. The number of nitrogens with one attached hydrogen (secondary N) is 1. The summed E-state index contributed by atoms with van der Waals surface area (Å²) in [6, 6.07) is 0.785. The van der Waals surface area contributed by atoms with E-state index in [1.165, 1.54) is 11.6 Å². The van der Waals surface area contributed by atoms with Gasteiger partial charge in [0.1, 0.15) is 5.82 Å². The Morgan fingerprint density at radius 2 is 1.86 bits per heavy atom. The monoisotopic (exact) mass is 336 g/mol. The lowest BCUT2D eigenvalue weighted by molar-refractivity contribution is -0.118. The maximum Gasteiger partial charge on any atom is 0.291 e. The zero-order valence-electron chi connectivity index (χ0n) is 10.1. The first kappa shape index (κ1) is 15.4. The largest absolute Gasteiger partial charge is 0.291 e. The van der Waals surface area contributed by atoms with E-state index in [9.17, 15) is 26.4 Å². The minimum atomic E-state index is -4.15. The van der Waals surface area contributed by atoms with Crippen LogP contribution in [0.4, 0.5) is 13.2 Å². The molecule has 21 heavy (non-hydrogen) atoms. The van der Waals surface area contributed by atoms with Gasteiger partial charge < -0.3 is 0 Å². The van der Waals surface area contributed by atoms with Crippen molar-refractivity contribution < 1.29 is 26.4 Å². The minimum absolute atomic E-state index is 0.285. The highest BCUT2D eigenvalue weighted by Crippen LogP contribution is 2.15. The van der Waals surface area contributed by atoms with Crippen LogP contribution in [0.3, 0.4) is 0 Å². The van der Waals surface area contributed by atoms with Gasteiger partial charge in [0.05, 0.1) is 6.42 Å². The Morgan fingerprint density at radius 3 is 2.48 bits per heavy atom. The van der Waals surface area contributed by atoms with Crippen molar-refractivity contribution in [2.75, 3.05) is 0 Å². The third-order valence-electron chi connectivity index (χ3n) is 2.33. The molecule has 0 aliphatic rings. The highest BCUT2D eigenvalue weighted by molar-refractivity contribution is 7.92. The van der Waals surface area contributed by atoms with E-state index >= 15 is 0 Å². The molecule has 0 radical (unpaired) electrons. The summed E-state index contributed by atoms with van der Waals surface area (Å²) in [7, 11) is -4.15. The number of hydrogen-bond donors (Lipinski definition) is 1. The molecule has 10 heteroatoms. The normalized spacial score (nSPS) is 11.4. The van der Waals surface area contributed by atoms with Gasteiger partial charge in [0.2, 0.25) is 10.2 Å². The van der Waals surface area contributed by atoms with Crippen LogP contribution in [0.5, 0.6) is 0 Å². The highest BCUT2D eigenvalue weighted by atomic mass is 32.2. The number of benzene rings is 1.